The van der Waals surface area contributed by atoms with Crippen molar-refractivity contribution in [2.45, 2.75) is 13.0 Å². The number of benzene rings is 1. The van der Waals surface area contributed by atoms with Crippen LogP contribution in [0.3, 0.4) is 0 Å². The summed E-state index contributed by atoms with van der Waals surface area (Å²) >= 11 is 7.56. The van der Waals surface area contributed by atoms with Crippen molar-refractivity contribution in [1.82, 2.24) is 10.3 Å². The molecule has 0 amide bonds. The van der Waals surface area contributed by atoms with Gasteiger partial charge in [0, 0.05) is 24.4 Å². The maximum absolute atomic E-state index is 13.8. The molecule has 3 rings (SSSR count). The van der Waals surface area contributed by atoms with E-state index in [-0.39, 0.29) is 5.82 Å². The molecule has 0 saturated carbocycles. The van der Waals surface area contributed by atoms with Gasteiger partial charge in [-0.2, -0.15) is 0 Å². The Bertz CT molecular complexity index is 524. The van der Waals surface area contributed by atoms with Crippen LogP contribution in [0.5, 0.6) is 0 Å². The summed E-state index contributed by atoms with van der Waals surface area (Å²) in [5.41, 5.74) is 1.50. The lowest BCUT2D eigenvalue weighted by Gasteiger charge is -2.09. The maximum atomic E-state index is 13.8. The fourth-order valence-electron chi connectivity index (χ4n) is 1.93. The zero-order chi connectivity index (χ0) is 11.8. The molecule has 0 unspecified atom stereocenters. The van der Waals surface area contributed by atoms with Gasteiger partial charge in [0.05, 0.1) is 16.3 Å². The van der Waals surface area contributed by atoms with Gasteiger partial charge in [0.2, 0.25) is 0 Å². The van der Waals surface area contributed by atoms with E-state index in [4.69, 9.17) is 11.6 Å². The molecule has 0 spiro atoms. The Morgan fingerprint density at radius 3 is 3.06 bits per heavy atom. The van der Waals surface area contributed by atoms with Crippen molar-refractivity contribution in [3.8, 4) is 10.6 Å². The van der Waals surface area contributed by atoms with Gasteiger partial charge < -0.3 is 5.32 Å². The standard InChI is InChI=1S/C12H10ClFN2S/c13-7-2-1-3-8(14)11(7)12-16-9-4-5-15-6-10(9)17-12/h1-3,15H,4-6H2. The van der Waals surface area contributed by atoms with Gasteiger partial charge in [0.25, 0.3) is 0 Å². The van der Waals surface area contributed by atoms with Crippen LogP contribution in [-0.4, -0.2) is 11.5 Å². The molecule has 0 atom stereocenters. The second-order valence-electron chi connectivity index (χ2n) is 3.91. The van der Waals surface area contributed by atoms with E-state index in [0.717, 1.165) is 25.2 Å². The number of aromatic nitrogens is 1. The number of fused-ring (bicyclic) bond motifs is 1. The van der Waals surface area contributed by atoms with E-state index in [1.165, 1.54) is 22.3 Å². The number of hydrogen-bond donors (Lipinski definition) is 1. The van der Waals surface area contributed by atoms with E-state index in [1.807, 2.05) is 0 Å². The van der Waals surface area contributed by atoms with E-state index < -0.39 is 0 Å². The van der Waals surface area contributed by atoms with Crippen LogP contribution in [0.1, 0.15) is 10.6 Å². The summed E-state index contributed by atoms with van der Waals surface area (Å²) in [6.07, 6.45) is 0.901. The Labute approximate surface area is 107 Å². The van der Waals surface area contributed by atoms with Crippen molar-refractivity contribution in [2.75, 3.05) is 6.54 Å². The third kappa shape index (κ3) is 1.97. The Morgan fingerprint density at radius 1 is 1.41 bits per heavy atom. The largest absolute Gasteiger partial charge is 0.311 e. The highest BCUT2D eigenvalue weighted by Crippen LogP contribution is 2.35. The summed E-state index contributed by atoms with van der Waals surface area (Å²) in [4.78, 5) is 5.68. The molecule has 2 aromatic rings. The lowest BCUT2D eigenvalue weighted by molar-refractivity contribution is 0.630. The minimum atomic E-state index is -0.309. The summed E-state index contributed by atoms with van der Waals surface area (Å²) in [5, 5.41) is 4.38. The van der Waals surface area contributed by atoms with Gasteiger partial charge >= 0.3 is 0 Å². The number of hydrogen-bond acceptors (Lipinski definition) is 3. The van der Waals surface area contributed by atoms with Crippen molar-refractivity contribution >= 4 is 22.9 Å². The molecule has 1 N–H and O–H groups in total. The summed E-state index contributed by atoms with van der Waals surface area (Å²) in [7, 11) is 0. The fourth-order valence-corrected chi connectivity index (χ4v) is 3.38. The average Bonchev–Trinajstić information content (AvgIpc) is 2.71. The molecule has 0 aliphatic carbocycles. The summed E-state index contributed by atoms with van der Waals surface area (Å²) in [6, 6.07) is 4.72. The molecule has 0 radical (unpaired) electrons. The molecule has 0 saturated heterocycles. The van der Waals surface area contributed by atoms with Crippen molar-refractivity contribution in [3.63, 3.8) is 0 Å². The molecule has 1 aromatic heterocycles. The van der Waals surface area contributed by atoms with E-state index >= 15 is 0 Å². The lowest BCUT2D eigenvalue weighted by Crippen LogP contribution is -2.22. The second-order valence-corrected chi connectivity index (χ2v) is 5.40. The molecule has 1 aromatic carbocycles. The Hall–Kier alpha value is -0.970. The number of rotatable bonds is 1. The first-order chi connectivity index (χ1) is 8.25. The predicted octanol–water partition coefficient (Wildman–Crippen LogP) is 3.25. The molecule has 88 valence electrons. The predicted molar refractivity (Wildman–Crippen MR) is 67.9 cm³/mol. The first kappa shape index (κ1) is 11.1. The Morgan fingerprint density at radius 2 is 2.29 bits per heavy atom. The molecule has 0 fully saturated rings. The molecular formula is C12H10ClFN2S. The second kappa shape index (κ2) is 4.37. The number of nitrogens with one attached hydrogen (secondary N) is 1. The van der Waals surface area contributed by atoms with Crippen LogP contribution in [0.4, 0.5) is 4.39 Å². The third-order valence-corrected chi connectivity index (χ3v) is 4.21. The summed E-state index contributed by atoms with van der Waals surface area (Å²) in [5.74, 6) is -0.309. The van der Waals surface area contributed by atoms with E-state index in [0.29, 0.717) is 15.6 Å². The number of thiazole rings is 1. The van der Waals surface area contributed by atoms with E-state index in [2.05, 4.69) is 10.3 Å². The number of halogens is 2. The quantitative estimate of drug-likeness (QED) is 0.859. The highest BCUT2D eigenvalue weighted by molar-refractivity contribution is 7.15. The Balaban J connectivity index is 2.12. The molecule has 17 heavy (non-hydrogen) atoms. The zero-order valence-corrected chi connectivity index (χ0v) is 10.5. The molecule has 2 nitrogen and oxygen atoms in total. The van der Waals surface area contributed by atoms with Crippen LogP contribution in [0.2, 0.25) is 5.02 Å². The van der Waals surface area contributed by atoms with Crippen LogP contribution < -0.4 is 5.32 Å². The van der Waals surface area contributed by atoms with Crippen molar-refractivity contribution in [2.24, 2.45) is 0 Å². The van der Waals surface area contributed by atoms with Crippen LogP contribution in [-0.2, 0) is 13.0 Å². The van der Waals surface area contributed by atoms with Gasteiger partial charge in [0.15, 0.2) is 0 Å². The molecule has 2 heterocycles. The topological polar surface area (TPSA) is 24.9 Å². The van der Waals surface area contributed by atoms with Gasteiger partial charge in [-0.3, -0.25) is 0 Å². The van der Waals surface area contributed by atoms with Crippen molar-refractivity contribution < 1.29 is 4.39 Å². The number of nitrogens with zero attached hydrogens (tertiary/aromatic N) is 1. The van der Waals surface area contributed by atoms with E-state index in [1.54, 1.807) is 12.1 Å². The molecule has 1 aliphatic heterocycles. The molecule has 1 aliphatic rings. The van der Waals surface area contributed by atoms with Crippen LogP contribution in [0.15, 0.2) is 18.2 Å². The normalized spacial score (nSPS) is 14.7. The highest BCUT2D eigenvalue weighted by Gasteiger charge is 2.19. The van der Waals surface area contributed by atoms with Crippen LogP contribution in [0.25, 0.3) is 10.6 Å². The van der Waals surface area contributed by atoms with Gasteiger partial charge in [-0.15, -0.1) is 11.3 Å². The SMILES string of the molecule is Fc1cccc(Cl)c1-c1nc2c(s1)CNCC2. The van der Waals surface area contributed by atoms with Gasteiger partial charge in [-0.25, -0.2) is 9.37 Å². The minimum Gasteiger partial charge on any atom is -0.311 e. The van der Waals surface area contributed by atoms with Gasteiger partial charge in [-0.1, -0.05) is 17.7 Å². The average molecular weight is 269 g/mol. The monoisotopic (exact) mass is 268 g/mol. The van der Waals surface area contributed by atoms with E-state index in [9.17, 15) is 4.39 Å². The minimum absolute atomic E-state index is 0.309. The smallest absolute Gasteiger partial charge is 0.134 e. The first-order valence-corrected chi connectivity index (χ1v) is 6.59. The highest BCUT2D eigenvalue weighted by atomic mass is 35.5. The van der Waals surface area contributed by atoms with Crippen molar-refractivity contribution in [1.29, 1.82) is 0 Å². The van der Waals surface area contributed by atoms with Gasteiger partial charge in [-0.05, 0) is 12.1 Å². The summed E-state index contributed by atoms with van der Waals surface area (Å²) < 4.78 is 13.8. The van der Waals surface area contributed by atoms with Crippen molar-refractivity contribution in [3.05, 3.63) is 39.6 Å². The third-order valence-electron chi connectivity index (χ3n) is 2.78. The molecule has 0 bridgehead atoms. The first-order valence-electron chi connectivity index (χ1n) is 5.39. The maximum Gasteiger partial charge on any atom is 0.134 e. The van der Waals surface area contributed by atoms with Crippen LogP contribution in [0, 0.1) is 5.82 Å². The molecule has 5 heteroatoms. The van der Waals surface area contributed by atoms with Crippen LogP contribution >= 0.6 is 22.9 Å². The Kier molecular flexibility index (Phi) is 2.86. The zero-order valence-electron chi connectivity index (χ0n) is 8.96. The molecular weight excluding hydrogens is 259 g/mol. The summed E-state index contributed by atoms with van der Waals surface area (Å²) in [6.45, 7) is 1.75. The lowest BCUT2D eigenvalue weighted by atomic mass is 10.2. The fraction of sp³-hybridized carbons (Fsp3) is 0.250. The van der Waals surface area contributed by atoms with Gasteiger partial charge in [0.1, 0.15) is 10.8 Å².